The van der Waals surface area contributed by atoms with Crippen molar-refractivity contribution in [2.45, 2.75) is 52.1 Å². The van der Waals surface area contributed by atoms with Gasteiger partial charge in [-0.3, -0.25) is 0 Å². The van der Waals surface area contributed by atoms with Crippen LogP contribution in [-0.2, 0) is 0 Å². The SMILES string of the molecule is C[C@]12C=CC(O)=CC1=CC[C@@H]1[C@H]2CC[C@]2(C)C(O)CC[C@@H]12. The summed E-state index contributed by atoms with van der Waals surface area (Å²) in [6.07, 6.45) is 13.9. The van der Waals surface area contributed by atoms with Crippen LogP contribution in [0.4, 0.5) is 0 Å². The molecule has 2 saturated carbocycles. The molecule has 0 heterocycles. The summed E-state index contributed by atoms with van der Waals surface area (Å²) < 4.78 is 0. The second-order valence-electron chi connectivity index (χ2n) is 8.09. The van der Waals surface area contributed by atoms with Crippen molar-refractivity contribution in [1.29, 1.82) is 0 Å². The van der Waals surface area contributed by atoms with Crippen LogP contribution in [0, 0.1) is 28.6 Å². The molecule has 0 aromatic heterocycles. The minimum absolute atomic E-state index is 0.0734. The molecule has 4 rings (SSSR count). The Morgan fingerprint density at radius 3 is 2.76 bits per heavy atom. The molecule has 0 saturated heterocycles. The Bertz CT molecular complexity index is 558. The van der Waals surface area contributed by atoms with Gasteiger partial charge in [0.05, 0.1) is 6.10 Å². The Balaban J connectivity index is 1.73. The maximum Gasteiger partial charge on any atom is 0.115 e. The Morgan fingerprint density at radius 1 is 1.14 bits per heavy atom. The number of rotatable bonds is 0. The number of aliphatic hydroxyl groups excluding tert-OH is 2. The lowest BCUT2D eigenvalue weighted by Crippen LogP contribution is -2.49. The standard InChI is InChI=1S/C19H26O2/c1-18-9-7-13(20)11-12(18)3-4-14-15-5-6-17(21)19(15,2)10-8-16(14)18/h3,7,9,11,14-17,20-21H,4-6,8,10H2,1-2H3/t14-,15-,16+,17?,18-,19-/m0/s1. The number of aliphatic hydroxyl groups is 2. The van der Waals surface area contributed by atoms with Crippen LogP contribution in [0.5, 0.6) is 0 Å². The van der Waals surface area contributed by atoms with Crippen molar-refractivity contribution in [3.05, 3.63) is 35.6 Å². The van der Waals surface area contributed by atoms with Gasteiger partial charge >= 0.3 is 0 Å². The van der Waals surface area contributed by atoms with E-state index in [1.807, 2.05) is 12.2 Å². The number of fused-ring (bicyclic) bond motifs is 5. The van der Waals surface area contributed by atoms with Gasteiger partial charge in [-0.2, -0.15) is 0 Å². The van der Waals surface area contributed by atoms with E-state index in [0.717, 1.165) is 19.3 Å². The predicted molar refractivity (Wildman–Crippen MR) is 83.7 cm³/mol. The molecular weight excluding hydrogens is 260 g/mol. The van der Waals surface area contributed by atoms with Crippen LogP contribution in [0.1, 0.15) is 46.0 Å². The number of hydrogen-bond donors (Lipinski definition) is 2. The average Bonchev–Trinajstić information content (AvgIpc) is 2.76. The van der Waals surface area contributed by atoms with Crippen molar-refractivity contribution in [2.24, 2.45) is 28.6 Å². The van der Waals surface area contributed by atoms with Crippen molar-refractivity contribution in [2.75, 3.05) is 0 Å². The Kier molecular flexibility index (Phi) is 2.76. The van der Waals surface area contributed by atoms with Crippen molar-refractivity contribution in [3.8, 4) is 0 Å². The van der Waals surface area contributed by atoms with Crippen molar-refractivity contribution >= 4 is 0 Å². The highest BCUT2D eigenvalue weighted by atomic mass is 16.3. The summed E-state index contributed by atoms with van der Waals surface area (Å²) >= 11 is 0. The van der Waals surface area contributed by atoms with Gasteiger partial charge in [0.15, 0.2) is 0 Å². The van der Waals surface area contributed by atoms with E-state index in [9.17, 15) is 10.2 Å². The van der Waals surface area contributed by atoms with Gasteiger partial charge in [-0.1, -0.05) is 26.0 Å². The average molecular weight is 286 g/mol. The minimum Gasteiger partial charge on any atom is -0.508 e. The fourth-order valence-electron chi connectivity index (χ4n) is 5.93. The quantitative estimate of drug-likeness (QED) is 0.702. The van der Waals surface area contributed by atoms with Crippen molar-refractivity contribution in [1.82, 2.24) is 0 Å². The monoisotopic (exact) mass is 286 g/mol. The zero-order chi connectivity index (χ0) is 14.8. The maximum atomic E-state index is 10.4. The summed E-state index contributed by atoms with van der Waals surface area (Å²) in [6, 6.07) is 0. The molecule has 2 fully saturated rings. The molecule has 114 valence electrons. The lowest BCUT2D eigenvalue weighted by molar-refractivity contribution is -0.0527. The van der Waals surface area contributed by atoms with E-state index in [0.29, 0.717) is 23.5 Å². The molecule has 0 bridgehead atoms. The summed E-state index contributed by atoms with van der Waals surface area (Å²) in [5, 5.41) is 20.2. The number of hydrogen-bond acceptors (Lipinski definition) is 2. The highest BCUT2D eigenvalue weighted by Crippen LogP contribution is 2.63. The van der Waals surface area contributed by atoms with E-state index in [2.05, 4.69) is 26.0 Å². The first-order valence-electron chi connectivity index (χ1n) is 8.44. The van der Waals surface area contributed by atoms with Gasteiger partial charge in [-0.05, 0) is 73.0 Å². The van der Waals surface area contributed by atoms with E-state index >= 15 is 0 Å². The lowest BCUT2D eigenvalue weighted by Gasteiger charge is -2.55. The van der Waals surface area contributed by atoms with Crippen LogP contribution in [0.2, 0.25) is 0 Å². The first-order chi connectivity index (χ1) is 9.95. The van der Waals surface area contributed by atoms with Gasteiger partial charge < -0.3 is 10.2 Å². The van der Waals surface area contributed by atoms with Gasteiger partial charge in [0.1, 0.15) is 5.76 Å². The molecule has 4 aliphatic carbocycles. The third-order valence-electron chi connectivity index (χ3n) is 7.29. The third-order valence-corrected chi connectivity index (χ3v) is 7.29. The van der Waals surface area contributed by atoms with Gasteiger partial charge in [-0.15, -0.1) is 0 Å². The molecule has 0 aromatic carbocycles. The van der Waals surface area contributed by atoms with Gasteiger partial charge in [0.2, 0.25) is 0 Å². The van der Waals surface area contributed by atoms with Crippen molar-refractivity contribution < 1.29 is 10.2 Å². The molecule has 6 atom stereocenters. The van der Waals surface area contributed by atoms with Crippen LogP contribution in [-0.4, -0.2) is 16.3 Å². The highest BCUT2D eigenvalue weighted by Gasteiger charge is 2.57. The van der Waals surface area contributed by atoms with E-state index < -0.39 is 0 Å². The molecule has 2 nitrogen and oxygen atoms in total. The van der Waals surface area contributed by atoms with Crippen LogP contribution in [0.3, 0.4) is 0 Å². The topological polar surface area (TPSA) is 40.5 Å². The summed E-state index contributed by atoms with van der Waals surface area (Å²) in [5.74, 6) is 2.39. The molecular formula is C19H26O2. The summed E-state index contributed by atoms with van der Waals surface area (Å²) in [6.45, 7) is 4.65. The number of allylic oxidation sites excluding steroid dienone is 5. The lowest BCUT2D eigenvalue weighted by atomic mass is 9.49. The molecule has 0 spiro atoms. The van der Waals surface area contributed by atoms with E-state index in [1.54, 1.807) is 0 Å². The molecule has 21 heavy (non-hydrogen) atoms. The zero-order valence-electron chi connectivity index (χ0n) is 13.0. The normalized spacial score (nSPS) is 51.6. The van der Waals surface area contributed by atoms with Crippen LogP contribution in [0.25, 0.3) is 0 Å². The summed E-state index contributed by atoms with van der Waals surface area (Å²) in [5.41, 5.74) is 1.51. The fourth-order valence-corrected chi connectivity index (χ4v) is 5.93. The fraction of sp³-hybridized carbons (Fsp3) is 0.684. The zero-order valence-corrected chi connectivity index (χ0v) is 13.0. The second-order valence-corrected chi connectivity index (χ2v) is 8.09. The molecule has 2 N–H and O–H groups in total. The Morgan fingerprint density at radius 2 is 1.95 bits per heavy atom. The molecule has 0 radical (unpaired) electrons. The molecule has 2 heteroatoms. The summed E-state index contributed by atoms with van der Waals surface area (Å²) in [7, 11) is 0. The molecule has 0 aromatic rings. The van der Waals surface area contributed by atoms with Crippen LogP contribution in [0.15, 0.2) is 35.6 Å². The van der Waals surface area contributed by atoms with Gasteiger partial charge in [0, 0.05) is 5.41 Å². The Hall–Kier alpha value is -1.02. The van der Waals surface area contributed by atoms with Crippen LogP contribution < -0.4 is 0 Å². The van der Waals surface area contributed by atoms with E-state index in [4.69, 9.17) is 0 Å². The van der Waals surface area contributed by atoms with E-state index in [-0.39, 0.29) is 16.9 Å². The smallest absolute Gasteiger partial charge is 0.115 e. The molecule has 0 aliphatic heterocycles. The third kappa shape index (κ3) is 1.69. The predicted octanol–water partition coefficient (Wildman–Crippen LogP) is 4.14. The first-order valence-corrected chi connectivity index (χ1v) is 8.44. The largest absolute Gasteiger partial charge is 0.508 e. The summed E-state index contributed by atoms with van der Waals surface area (Å²) in [4.78, 5) is 0. The Labute approximate surface area is 127 Å². The van der Waals surface area contributed by atoms with E-state index in [1.165, 1.54) is 18.4 Å². The van der Waals surface area contributed by atoms with Gasteiger partial charge in [-0.25, -0.2) is 0 Å². The molecule has 0 amide bonds. The first kappa shape index (κ1) is 13.6. The second kappa shape index (κ2) is 4.25. The van der Waals surface area contributed by atoms with Crippen LogP contribution >= 0.6 is 0 Å². The highest BCUT2D eigenvalue weighted by molar-refractivity contribution is 5.43. The van der Waals surface area contributed by atoms with Crippen molar-refractivity contribution in [3.63, 3.8) is 0 Å². The molecule has 4 aliphatic rings. The van der Waals surface area contributed by atoms with Gasteiger partial charge in [0.25, 0.3) is 0 Å². The minimum atomic E-state index is -0.104. The molecule has 1 unspecified atom stereocenters. The maximum absolute atomic E-state index is 10.4.